The molecule has 0 aromatic carbocycles. The van der Waals surface area contributed by atoms with E-state index in [-0.39, 0.29) is 0 Å². The highest BCUT2D eigenvalue weighted by Gasteiger charge is 2.07. The zero-order valence-electron chi connectivity index (χ0n) is 4.94. The van der Waals surface area contributed by atoms with Gasteiger partial charge in [0.2, 0.25) is 0 Å². The quantitative estimate of drug-likeness (QED) is 0.432. The normalized spacial score (nSPS) is 30.6. The topological polar surface area (TPSA) is 0 Å². The van der Waals surface area contributed by atoms with Gasteiger partial charge in [-0.3, -0.25) is 0 Å². The summed E-state index contributed by atoms with van der Waals surface area (Å²) in [6.07, 6.45) is 5.75. The van der Waals surface area contributed by atoms with E-state index in [0.29, 0.717) is 0 Å². The summed E-state index contributed by atoms with van der Waals surface area (Å²) in [5, 5.41) is 0. The molecule has 0 amide bonds. The largest absolute Gasteiger partial charge is 0.0816 e. The lowest BCUT2D eigenvalue weighted by Crippen LogP contribution is -1.83. The van der Waals surface area contributed by atoms with Gasteiger partial charge in [0, 0.05) is 0 Å². The summed E-state index contributed by atoms with van der Waals surface area (Å²) in [4.78, 5) is 0. The van der Waals surface area contributed by atoms with E-state index >= 15 is 0 Å². The van der Waals surface area contributed by atoms with E-state index in [1.165, 1.54) is 12.0 Å². The summed E-state index contributed by atoms with van der Waals surface area (Å²) >= 11 is 0. The fourth-order valence-electron chi connectivity index (χ4n) is 0.972. The van der Waals surface area contributed by atoms with Crippen molar-refractivity contribution >= 4 is 0 Å². The maximum absolute atomic E-state index is 2.26. The molecule has 0 heterocycles. The van der Waals surface area contributed by atoms with Gasteiger partial charge >= 0.3 is 0 Å². The van der Waals surface area contributed by atoms with Crippen molar-refractivity contribution in [1.82, 2.24) is 0 Å². The van der Waals surface area contributed by atoms with Gasteiger partial charge in [0.15, 0.2) is 0 Å². The third kappa shape index (κ3) is 1.05. The summed E-state index contributed by atoms with van der Waals surface area (Å²) in [7, 11) is 0. The van der Waals surface area contributed by atoms with Gasteiger partial charge in [-0.25, -0.2) is 0 Å². The summed E-state index contributed by atoms with van der Waals surface area (Å²) in [5.74, 6) is 0.806. The van der Waals surface area contributed by atoms with Gasteiger partial charge in [-0.1, -0.05) is 18.6 Å². The lowest BCUT2D eigenvalue weighted by Gasteiger charge is -1.94. The molecule has 0 heteroatoms. The average molecular weight is 95.2 g/mol. The van der Waals surface area contributed by atoms with E-state index in [0.717, 1.165) is 5.92 Å². The molecule has 1 radical (unpaired) electrons. The standard InChI is InChI=1S/C7H11/c1-6-3-4-7(2)5-6/h3-4,6H,5H2,1-2H3. The Balaban J connectivity index is 2.42. The molecule has 0 N–H and O–H groups in total. The van der Waals surface area contributed by atoms with Crippen molar-refractivity contribution in [3.63, 3.8) is 0 Å². The van der Waals surface area contributed by atoms with Crippen LogP contribution in [0, 0.1) is 12.3 Å². The van der Waals surface area contributed by atoms with E-state index in [9.17, 15) is 0 Å². The van der Waals surface area contributed by atoms with Crippen LogP contribution in [0.2, 0.25) is 0 Å². The van der Waals surface area contributed by atoms with Crippen LogP contribution in [0.4, 0.5) is 0 Å². The van der Waals surface area contributed by atoms with Crippen LogP contribution < -0.4 is 0 Å². The highest BCUT2D eigenvalue weighted by Crippen LogP contribution is 2.21. The van der Waals surface area contributed by atoms with Crippen molar-refractivity contribution < 1.29 is 0 Å². The van der Waals surface area contributed by atoms with Crippen molar-refractivity contribution in [1.29, 1.82) is 0 Å². The molecule has 0 spiro atoms. The van der Waals surface area contributed by atoms with Crippen LogP contribution in [-0.4, -0.2) is 0 Å². The SMILES string of the molecule is CC1=C[CH]C(C)C1. The Morgan fingerprint density at radius 1 is 1.71 bits per heavy atom. The smallest absolute Gasteiger partial charge is 0.0136 e. The molecule has 0 saturated carbocycles. The first-order chi connectivity index (χ1) is 3.29. The first kappa shape index (κ1) is 4.89. The van der Waals surface area contributed by atoms with Crippen molar-refractivity contribution in [3.05, 3.63) is 18.1 Å². The Kier molecular flexibility index (Phi) is 1.18. The minimum absolute atomic E-state index is 0.806. The maximum Gasteiger partial charge on any atom is -0.0136 e. The van der Waals surface area contributed by atoms with E-state index in [1.54, 1.807) is 0 Å². The van der Waals surface area contributed by atoms with Gasteiger partial charge in [-0.2, -0.15) is 0 Å². The van der Waals surface area contributed by atoms with E-state index in [1.807, 2.05) is 0 Å². The first-order valence-corrected chi connectivity index (χ1v) is 2.79. The fourth-order valence-corrected chi connectivity index (χ4v) is 0.972. The zero-order valence-corrected chi connectivity index (χ0v) is 4.94. The summed E-state index contributed by atoms with van der Waals surface area (Å²) in [5.41, 5.74) is 1.52. The summed E-state index contributed by atoms with van der Waals surface area (Å²) in [6, 6.07) is 0. The molecule has 1 unspecified atom stereocenters. The highest BCUT2D eigenvalue weighted by atomic mass is 14.1. The van der Waals surface area contributed by atoms with E-state index < -0.39 is 0 Å². The molecule has 0 nitrogen and oxygen atoms in total. The molecule has 1 aliphatic rings. The van der Waals surface area contributed by atoms with Gasteiger partial charge in [0.25, 0.3) is 0 Å². The molecule has 1 aliphatic carbocycles. The second kappa shape index (κ2) is 1.69. The molecule has 0 bridgehead atoms. The number of rotatable bonds is 0. The molecular formula is C7H11. The monoisotopic (exact) mass is 95.1 g/mol. The van der Waals surface area contributed by atoms with Gasteiger partial charge in [0.1, 0.15) is 0 Å². The predicted molar refractivity (Wildman–Crippen MR) is 31.8 cm³/mol. The molecule has 0 aromatic rings. The van der Waals surface area contributed by atoms with Gasteiger partial charge in [-0.05, 0) is 25.7 Å². The molecule has 7 heavy (non-hydrogen) atoms. The zero-order chi connectivity index (χ0) is 5.28. The molecule has 0 fully saturated rings. The van der Waals surface area contributed by atoms with E-state index in [2.05, 4.69) is 26.3 Å². The van der Waals surface area contributed by atoms with Gasteiger partial charge in [-0.15, -0.1) is 0 Å². The van der Waals surface area contributed by atoms with Crippen molar-refractivity contribution in [2.24, 2.45) is 5.92 Å². The highest BCUT2D eigenvalue weighted by molar-refractivity contribution is 5.15. The number of allylic oxidation sites excluding steroid dienone is 2. The van der Waals surface area contributed by atoms with Crippen LogP contribution in [0.15, 0.2) is 11.6 Å². The summed E-state index contributed by atoms with van der Waals surface area (Å²) in [6.45, 7) is 4.42. The second-order valence-corrected chi connectivity index (χ2v) is 2.39. The Hall–Kier alpha value is -0.260. The number of hydrogen-bond acceptors (Lipinski definition) is 0. The molecular weight excluding hydrogens is 84.1 g/mol. The summed E-state index contributed by atoms with van der Waals surface area (Å²) < 4.78 is 0. The van der Waals surface area contributed by atoms with Crippen LogP contribution in [0.5, 0.6) is 0 Å². The van der Waals surface area contributed by atoms with Crippen LogP contribution in [0.3, 0.4) is 0 Å². The maximum atomic E-state index is 2.26. The molecule has 0 saturated heterocycles. The molecule has 1 atom stereocenters. The first-order valence-electron chi connectivity index (χ1n) is 2.79. The van der Waals surface area contributed by atoms with Crippen LogP contribution >= 0.6 is 0 Å². The van der Waals surface area contributed by atoms with E-state index in [4.69, 9.17) is 0 Å². The third-order valence-electron chi connectivity index (χ3n) is 1.35. The Morgan fingerprint density at radius 2 is 2.43 bits per heavy atom. The lowest BCUT2D eigenvalue weighted by molar-refractivity contribution is 0.718. The predicted octanol–water partition coefficient (Wildman–Crippen LogP) is 2.18. The van der Waals surface area contributed by atoms with Crippen molar-refractivity contribution in [2.75, 3.05) is 0 Å². The number of hydrogen-bond donors (Lipinski definition) is 0. The Labute approximate surface area is 45.2 Å². The molecule has 1 rings (SSSR count). The molecule has 0 aliphatic heterocycles. The minimum atomic E-state index is 0.806. The average Bonchev–Trinajstić information content (AvgIpc) is 1.87. The Bertz CT molecular complexity index is 90.2. The Morgan fingerprint density at radius 3 is 2.57 bits per heavy atom. The fraction of sp³-hybridized carbons (Fsp3) is 0.571. The van der Waals surface area contributed by atoms with Crippen LogP contribution in [-0.2, 0) is 0 Å². The van der Waals surface area contributed by atoms with Gasteiger partial charge < -0.3 is 0 Å². The van der Waals surface area contributed by atoms with Crippen molar-refractivity contribution in [3.8, 4) is 0 Å². The van der Waals surface area contributed by atoms with Crippen molar-refractivity contribution in [2.45, 2.75) is 20.3 Å². The third-order valence-corrected chi connectivity index (χ3v) is 1.35. The molecule has 0 aromatic heterocycles. The minimum Gasteiger partial charge on any atom is -0.0816 e. The van der Waals surface area contributed by atoms with Crippen LogP contribution in [0.25, 0.3) is 0 Å². The second-order valence-electron chi connectivity index (χ2n) is 2.39. The molecule has 39 valence electrons. The van der Waals surface area contributed by atoms with Crippen LogP contribution in [0.1, 0.15) is 20.3 Å². The van der Waals surface area contributed by atoms with Gasteiger partial charge in [0.05, 0.1) is 0 Å². The lowest BCUT2D eigenvalue weighted by atomic mass is 10.1.